The zero-order chi connectivity index (χ0) is 56.1. The van der Waals surface area contributed by atoms with Gasteiger partial charge in [-0.15, -0.1) is 0 Å². The van der Waals surface area contributed by atoms with Crippen molar-refractivity contribution in [1.29, 1.82) is 0 Å². The minimum Gasteiger partial charge on any atom is -0.394 e. The number of aliphatic hydroxyl groups excluding tert-OH is 20. The quantitative estimate of drug-likeness (QED) is 0.113. The molecule has 35 atom stereocenters. The van der Waals surface area contributed by atoms with Crippen molar-refractivity contribution in [2.24, 2.45) is 5.73 Å². The Hall–Kier alpha value is -1.40. The zero-order valence-electron chi connectivity index (χ0n) is 40.4. The van der Waals surface area contributed by atoms with Gasteiger partial charge in [0, 0.05) is 0 Å². The molecule has 15 aliphatic rings. The lowest BCUT2D eigenvalue weighted by atomic mass is 9.94. The molecule has 35 nitrogen and oxygen atoms in total. The number of fused-ring (bicyclic) bond motifs is 7. The molecule has 15 saturated heterocycles. The summed E-state index contributed by atoms with van der Waals surface area (Å²) in [6, 6.07) is -1.71. The van der Waals surface area contributed by atoms with Crippen LogP contribution in [0.2, 0.25) is 0 Å². The first-order valence-corrected chi connectivity index (χ1v) is 24.7. The Morgan fingerprint density at radius 2 is 0.338 bits per heavy atom. The summed E-state index contributed by atoms with van der Waals surface area (Å²) in [6.07, 6.45) is -66.7. The summed E-state index contributed by atoms with van der Waals surface area (Å²) in [5.74, 6) is 0. The first kappa shape index (κ1) is 61.7. The smallest absolute Gasteiger partial charge is 0.187 e. The van der Waals surface area contributed by atoms with Gasteiger partial charge in [0.15, 0.2) is 44.0 Å². The van der Waals surface area contributed by atoms with Gasteiger partial charge in [0.2, 0.25) is 0 Å². The minimum atomic E-state index is -2.20. The predicted molar refractivity (Wildman–Crippen MR) is 230 cm³/mol. The molecule has 14 bridgehead atoms. The molecule has 0 aliphatic carbocycles. The van der Waals surface area contributed by atoms with Crippen molar-refractivity contribution in [2.75, 3.05) is 46.2 Å². The van der Waals surface area contributed by atoms with Gasteiger partial charge in [-0.2, -0.15) is 0 Å². The van der Waals surface area contributed by atoms with Crippen molar-refractivity contribution < 1.29 is 168 Å². The summed E-state index contributed by atoms with van der Waals surface area (Å²) in [4.78, 5) is 0. The molecular formula is C42H71NO34. The summed E-state index contributed by atoms with van der Waals surface area (Å²) < 4.78 is 80.0. The van der Waals surface area contributed by atoms with Crippen molar-refractivity contribution in [3.63, 3.8) is 0 Å². The molecule has 15 rings (SSSR count). The van der Waals surface area contributed by atoms with Crippen LogP contribution in [0.4, 0.5) is 0 Å². The fourth-order valence-electron chi connectivity index (χ4n) is 10.5. The van der Waals surface area contributed by atoms with Crippen LogP contribution in [0.25, 0.3) is 0 Å². The van der Waals surface area contributed by atoms with Gasteiger partial charge in [-0.25, -0.2) is 0 Å². The van der Waals surface area contributed by atoms with Crippen LogP contribution in [-0.4, -0.2) is 363 Å². The van der Waals surface area contributed by atoms with Gasteiger partial charge in [0.25, 0.3) is 0 Å². The number of nitrogens with two attached hydrogens (primary N) is 1. The fourth-order valence-corrected chi connectivity index (χ4v) is 10.5. The highest BCUT2D eigenvalue weighted by Gasteiger charge is 2.59. The third-order valence-corrected chi connectivity index (χ3v) is 14.9. The van der Waals surface area contributed by atoms with Crippen LogP contribution in [-0.2, 0) is 66.3 Å². The van der Waals surface area contributed by atoms with E-state index in [4.69, 9.17) is 72.0 Å². The van der Waals surface area contributed by atoms with Crippen molar-refractivity contribution in [3.05, 3.63) is 0 Å². The van der Waals surface area contributed by atoms with Gasteiger partial charge in [0.1, 0.15) is 165 Å². The molecular weight excluding hydrogens is 1060 g/mol. The van der Waals surface area contributed by atoms with Crippen LogP contribution in [0, 0.1) is 0 Å². The molecule has 0 amide bonds. The van der Waals surface area contributed by atoms with E-state index >= 15 is 0 Å². The summed E-state index contributed by atoms with van der Waals surface area (Å²) in [5, 5.41) is 219. The van der Waals surface area contributed by atoms with E-state index in [-0.39, 0.29) is 0 Å². The van der Waals surface area contributed by atoms with Crippen molar-refractivity contribution in [1.82, 2.24) is 0 Å². The molecule has 448 valence electrons. The second kappa shape index (κ2) is 26.0. The first-order valence-electron chi connectivity index (χ1n) is 24.7. The van der Waals surface area contributed by atoms with Gasteiger partial charge in [-0.3, -0.25) is 0 Å². The maximum Gasteiger partial charge on any atom is 0.187 e. The lowest BCUT2D eigenvalue weighted by molar-refractivity contribution is -0.396. The number of aliphatic hydroxyl groups is 20. The summed E-state index contributed by atoms with van der Waals surface area (Å²) in [6.45, 7) is -7.17. The van der Waals surface area contributed by atoms with E-state index in [9.17, 15) is 102 Å². The number of hydrogen-bond donors (Lipinski definition) is 21. The fraction of sp³-hybridized carbons (Fsp3) is 1.00. The van der Waals surface area contributed by atoms with Gasteiger partial charge in [-0.1, -0.05) is 0 Å². The van der Waals surface area contributed by atoms with E-state index < -0.39 is 261 Å². The maximum absolute atomic E-state index is 11.4. The highest BCUT2D eigenvalue weighted by Crippen LogP contribution is 2.38. The van der Waals surface area contributed by atoms with E-state index in [1.165, 1.54) is 0 Å². The standard InChI is InChI=1S/C42H71NO34/c43-15-16(51)29-8(1-44)64-36(15)71-30-9(2-45)65-38(23(58)17(30)52)73-32-11(4-47)67-40(25(60)19(32)54)75-34-13(6-49)69-42(27(62)21(34)56)77-35-14(7-50)70-41(28(63)22(35)57)76-33-12(5-48)68-39(26(61)20(33)55)74-31-10(3-46)66-37(72-29)24(59)18(31)53/h8-42,44-63H,1-7,43H2/t8-,9-,10-,11-,12-,13+,14-,15-,16-,17-,18+,19-,20+,21-,22+,23-,24+,25-,26+,27-,28+,29-,30-,31-,32-,33-,34-,35-,36-,37-,38-,39-,40-,41-,42-/m1/s1. The Kier molecular flexibility index (Phi) is 20.8. The average molecular weight is 1130 g/mol. The highest BCUT2D eigenvalue weighted by molar-refractivity contribution is 5.02. The molecule has 0 radical (unpaired) electrons. The molecule has 35 heteroatoms. The monoisotopic (exact) mass is 1130 g/mol. The largest absolute Gasteiger partial charge is 0.394 e. The maximum atomic E-state index is 11.4. The Labute approximate surface area is 434 Å². The van der Waals surface area contributed by atoms with Crippen LogP contribution < -0.4 is 5.73 Å². The van der Waals surface area contributed by atoms with Crippen LogP contribution in [0.3, 0.4) is 0 Å². The normalized spacial score (nSPS) is 55.4. The summed E-state index contributed by atoms with van der Waals surface area (Å²) in [7, 11) is 0. The molecule has 15 fully saturated rings. The van der Waals surface area contributed by atoms with E-state index in [0.29, 0.717) is 0 Å². The molecule has 15 aliphatic heterocycles. The topological polar surface area (TPSA) is 560 Å². The van der Waals surface area contributed by atoms with Crippen LogP contribution in [0.1, 0.15) is 0 Å². The van der Waals surface area contributed by atoms with E-state index in [1.807, 2.05) is 0 Å². The van der Waals surface area contributed by atoms with E-state index in [0.717, 1.165) is 0 Å². The molecule has 0 aromatic rings. The lowest BCUT2D eigenvalue weighted by Crippen LogP contribution is -2.69. The van der Waals surface area contributed by atoms with E-state index in [2.05, 4.69) is 0 Å². The second-order valence-electron chi connectivity index (χ2n) is 19.7. The highest BCUT2D eigenvalue weighted by atomic mass is 16.8. The van der Waals surface area contributed by atoms with Crippen LogP contribution in [0.15, 0.2) is 0 Å². The molecule has 15 heterocycles. The Morgan fingerprint density at radius 3 is 0.506 bits per heavy atom. The molecule has 22 N–H and O–H groups in total. The van der Waals surface area contributed by atoms with Gasteiger partial charge >= 0.3 is 0 Å². The molecule has 77 heavy (non-hydrogen) atoms. The summed E-state index contributed by atoms with van der Waals surface area (Å²) >= 11 is 0. The van der Waals surface area contributed by atoms with Crippen molar-refractivity contribution >= 4 is 0 Å². The molecule has 0 saturated carbocycles. The van der Waals surface area contributed by atoms with Gasteiger partial charge < -0.3 is 174 Å². The van der Waals surface area contributed by atoms with Crippen molar-refractivity contribution in [3.8, 4) is 0 Å². The number of rotatable bonds is 7. The SMILES string of the molecule is N[C@H]1[C@H]2O[C@H]3[C@H](O)[C@@H](O)[C@@H](O[C@H]4[C@H](O)[C@@H](O)[C@@H](O[C@H]5[C@H](O)[C@@H](O)[C@@H](O[C@H]6[C@@H](O)[C@H](O)[C@@H](O[C@H]7[C@@H](O)[C@H](O)[C@@H](O[C@H]8[C@@H](O)[C@H](O)[C@@H](O[C@@H]([C@@H]1O)[C@@H](CO)O2)O[C@@H]8CO)O[C@@H]7CO)O[C@@H]6CO)O[C@H]5CO)O[C@@H]4CO)O[C@@H]3CO. The molecule has 0 aromatic heterocycles. The third kappa shape index (κ3) is 12.1. The molecule has 0 unspecified atom stereocenters. The summed E-state index contributed by atoms with van der Waals surface area (Å²) in [5.41, 5.74) is 6.29. The van der Waals surface area contributed by atoms with Gasteiger partial charge in [-0.05, 0) is 0 Å². The average Bonchev–Trinajstić information content (AvgIpc) is 3.42. The van der Waals surface area contributed by atoms with Crippen LogP contribution >= 0.6 is 0 Å². The van der Waals surface area contributed by atoms with Crippen LogP contribution in [0.5, 0.6) is 0 Å². The Morgan fingerprint density at radius 1 is 0.195 bits per heavy atom. The first-order chi connectivity index (χ1) is 36.7. The Balaban J connectivity index is 1.08. The second-order valence-corrected chi connectivity index (χ2v) is 19.7. The number of hydrogen-bond acceptors (Lipinski definition) is 35. The predicted octanol–water partition coefficient (Wildman–Crippen LogP) is -15.3. The molecule has 0 spiro atoms. The van der Waals surface area contributed by atoms with Crippen molar-refractivity contribution in [2.45, 2.75) is 215 Å². The number of ether oxygens (including phenoxy) is 14. The molecule has 0 aromatic carbocycles. The zero-order valence-corrected chi connectivity index (χ0v) is 40.4. The lowest BCUT2D eigenvalue weighted by Gasteiger charge is -2.50. The third-order valence-electron chi connectivity index (χ3n) is 14.9. The minimum absolute atomic E-state index is 0.991. The van der Waals surface area contributed by atoms with E-state index in [1.54, 1.807) is 0 Å². The Bertz CT molecular complexity index is 1470. The van der Waals surface area contributed by atoms with Gasteiger partial charge in [0.05, 0.1) is 52.3 Å².